The van der Waals surface area contributed by atoms with Crippen LogP contribution in [-0.2, 0) is 14.4 Å². The quantitative estimate of drug-likeness (QED) is 0.457. The topological polar surface area (TPSA) is 98.7 Å². The minimum atomic E-state index is -1.65. The van der Waals surface area contributed by atoms with Gasteiger partial charge in [-0.1, -0.05) is 48.5 Å². The summed E-state index contributed by atoms with van der Waals surface area (Å²) < 4.78 is 0. The van der Waals surface area contributed by atoms with Gasteiger partial charge >= 0.3 is 0 Å². The van der Waals surface area contributed by atoms with E-state index >= 15 is 0 Å². The Balaban J connectivity index is 1.77. The van der Waals surface area contributed by atoms with Gasteiger partial charge in [0.2, 0.25) is 11.8 Å². The van der Waals surface area contributed by atoms with Gasteiger partial charge in [0.25, 0.3) is 0 Å². The molecule has 2 amide bonds. The van der Waals surface area contributed by atoms with Crippen molar-refractivity contribution in [3.8, 4) is 0 Å². The van der Waals surface area contributed by atoms with Crippen LogP contribution in [0, 0.1) is 11.8 Å². The van der Waals surface area contributed by atoms with Crippen molar-refractivity contribution in [2.45, 2.75) is 24.9 Å². The number of para-hydroxylation sites is 2. The Hall–Kier alpha value is -3.97. The normalized spacial score (nSPS) is 23.6. The van der Waals surface area contributed by atoms with Crippen molar-refractivity contribution in [3.63, 3.8) is 0 Å². The molecule has 4 rings (SSSR count). The number of benzene rings is 3. The molecule has 7 heteroatoms. The lowest BCUT2D eigenvalue weighted by molar-refractivity contribution is -0.150. The predicted molar refractivity (Wildman–Crippen MR) is 141 cm³/mol. The molecule has 7 nitrogen and oxygen atoms in total. The molecule has 0 heterocycles. The van der Waals surface area contributed by atoms with Crippen LogP contribution >= 0.6 is 0 Å². The number of carbonyl (C=O) groups excluding carboxylic acids is 3. The first-order valence-corrected chi connectivity index (χ1v) is 11.9. The zero-order chi connectivity index (χ0) is 25.9. The van der Waals surface area contributed by atoms with Crippen LogP contribution in [-0.4, -0.2) is 42.4 Å². The maximum Gasteiger partial charge on any atom is 0.235 e. The van der Waals surface area contributed by atoms with Gasteiger partial charge in [0.15, 0.2) is 0 Å². The molecular weight excluding hydrogens is 454 g/mol. The third-order valence-electron chi connectivity index (χ3n) is 6.71. The van der Waals surface area contributed by atoms with Crippen LogP contribution in [0.5, 0.6) is 0 Å². The van der Waals surface area contributed by atoms with E-state index in [9.17, 15) is 19.5 Å². The number of ketones is 1. The number of anilines is 3. The molecule has 4 unspecified atom stereocenters. The number of Topliss-reactive ketones (excluding diaryl/α,β-unsaturated/α-hetero) is 1. The number of aliphatic hydroxyl groups is 1. The lowest BCUT2D eigenvalue weighted by Gasteiger charge is -2.44. The molecule has 0 spiro atoms. The molecule has 3 aromatic rings. The molecule has 1 fully saturated rings. The number of nitrogens with one attached hydrogen (secondary N) is 2. The number of amides is 2. The Bertz CT molecular complexity index is 1220. The molecule has 3 aromatic carbocycles. The van der Waals surface area contributed by atoms with Crippen molar-refractivity contribution in [3.05, 3.63) is 90.5 Å². The monoisotopic (exact) mass is 485 g/mol. The Morgan fingerprint density at radius 1 is 0.833 bits per heavy atom. The molecule has 3 N–H and O–H groups in total. The number of rotatable bonds is 6. The summed E-state index contributed by atoms with van der Waals surface area (Å²) in [4.78, 5) is 42.5. The summed E-state index contributed by atoms with van der Waals surface area (Å²) in [6.45, 7) is 1.49. The molecule has 36 heavy (non-hydrogen) atoms. The van der Waals surface area contributed by atoms with E-state index in [1.165, 1.54) is 6.92 Å². The van der Waals surface area contributed by atoms with E-state index in [1.807, 2.05) is 55.4 Å². The van der Waals surface area contributed by atoms with Crippen LogP contribution in [0.2, 0.25) is 0 Å². The van der Waals surface area contributed by atoms with Gasteiger partial charge in [0.05, 0.1) is 11.5 Å². The summed E-state index contributed by atoms with van der Waals surface area (Å²) in [7, 11) is 3.83. The van der Waals surface area contributed by atoms with E-state index in [4.69, 9.17) is 0 Å². The molecule has 4 atom stereocenters. The molecule has 1 aliphatic carbocycles. The zero-order valence-electron chi connectivity index (χ0n) is 20.6. The first-order chi connectivity index (χ1) is 17.2. The standard InChI is InChI=1S/C29H31N3O4/c1-29(36)18-23(33)25(27(34)30-20-10-6-4-7-11-20)24(19-14-16-22(17-15-19)32(2)3)26(29)28(35)31-21-12-8-5-9-13-21/h4-17,24-26,36H,18H2,1-3H3,(H,30,34)(H,31,35). The maximum atomic E-state index is 13.7. The van der Waals surface area contributed by atoms with Gasteiger partial charge in [-0.05, 0) is 48.9 Å². The molecule has 0 aromatic heterocycles. The highest BCUT2D eigenvalue weighted by Crippen LogP contribution is 2.46. The summed E-state index contributed by atoms with van der Waals surface area (Å²) in [5.41, 5.74) is 1.05. The fraction of sp³-hybridized carbons (Fsp3) is 0.276. The fourth-order valence-corrected chi connectivity index (χ4v) is 4.97. The van der Waals surface area contributed by atoms with Crippen molar-refractivity contribution < 1.29 is 19.5 Å². The third kappa shape index (κ3) is 5.31. The summed E-state index contributed by atoms with van der Waals surface area (Å²) in [5.74, 6) is -4.42. The second-order valence-corrected chi connectivity index (χ2v) is 9.68. The van der Waals surface area contributed by atoms with Crippen LogP contribution in [0.15, 0.2) is 84.9 Å². The minimum absolute atomic E-state index is 0.307. The van der Waals surface area contributed by atoms with Gasteiger partial charge in [0.1, 0.15) is 11.7 Å². The smallest absolute Gasteiger partial charge is 0.235 e. The van der Waals surface area contributed by atoms with E-state index in [2.05, 4.69) is 10.6 Å². The first kappa shape index (κ1) is 25.1. The number of carbonyl (C=O) groups is 3. The van der Waals surface area contributed by atoms with Crippen molar-refractivity contribution >= 4 is 34.7 Å². The Labute approximate surface area is 211 Å². The lowest BCUT2D eigenvalue weighted by atomic mass is 9.61. The molecule has 0 radical (unpaired) electrons. The minimum Gasteiger partial charge on any atom is -0.389 e. The molecule has 0 saturated heterocycles. The van der Waals surface area contributed by atoms with E-state index in [-0.39, 0.29) is 6.42 Å². The van der Waals surface area contributed by atoms with Gasteiger partial charge in [0, 0.05) is 43.5 Å². The van der Waals surface area contributed by atoms with Gasteiger partial charge < -0.3 is 20.6 Å². The highest BCUT2D eigenvalue weighted by atomic mass is 16.3. The molecule has 186 valence electrons. The average Bonchev–Trinajstić information content (AvgIpc) is 2.84. The van der Waals surface area contributed by atoms with Crippen LogP contribution in [0.4, 0.5) is 17.1 Å². The van der Waals surface area contributed by atoms with Crippen molar-refractivity contribution in [2.75, 3.05) is 29.6 Å². The predicted octanol–water partition coefficient (Wildman–Crippen LogP) is 4.07. The van der Waals surface area contributed by atoms with Gasteiger partial charge in [-0.3, -0.25) is 14.4 Å². The number of hydrogen-bond acceptors (Lipinski definition) is 5. The summed E-state index contributed by atoms with van der Waals surface area (Å²) in [5, 5.41) is 17.1. The molecule has 0 aliphatic heterocycles. The van der Waals surface area contributed by atoms with E-state index in [0.29, 0.717) is 16.9 Å². The van der Waals surface area contributed by atoms with Crippen LogP contribution in [0.25, 0.3) is 0 Å². The van der Waals surface area contributed by atoms with E-state index < -0.39 is 41.0 Å². The fourth-order valence-electron chi connectivity index (χ4n) is 4.97. The summed E-state index contributed by atoms with van der Waals surface area (Å²) in [6.07, 6.45) is -0.307. The van der Waals surface area contributed by atoms with Gasteiger partial charge in [-0.15, -0.1) is 0 Å². The summed E-state index contributed by atoms with van der Waals surface area (Å²) in [6, 6.07) is 25.2. The van der Waals surface area contributed by atoms with Crippen LogP contribution in [0.1, 0.15) is 24.8 Å². The van der Waals surface area contributed by atoms with Crippen molar-refractivity contribution in [2.24, 2.45) is 11.8 Å². The summed E-state index contributed by atoms with van der Waals surface area (Å²) >= 11 is 0. The van der Waals surface area contributed by atoms with Gasteiger partial charge in [-0.2, -0.15) is 0 Å². The molecule has 1 saturated carbocycles. The van der Waals surface area contributed by atoms with Crippen molar-refractivity contribution in [1.29, 1.82) is 0 Å². The third-order valence-corrected chi connectivity index (χ3v) is 6.71. The number of nitrogens with zero attached hydrogens (tertiary/aromatic N) is 1. The Kier molecular flexibility index (Phi) is 7.22. The molecule has 1 aliphatic rings. The van der Waals surface area contributed by atoms with Crippen molar-refractivity contribution in [1.82, 2.24) is 0 Å². The molecular formula is C29H31N3O4. The van der Waals surface area contributed by atoms with Crippen LogP contribution in [0.3, 0.4) is 0 Å². The first-order valence-electron chi connectivity index (χ1n) is 11.9. The zero-order valence-corrected chi connectivity index (χ0v) is 20.6. The largest absolute Gasteiger partial charge is 0.389 e. The second-order valence-electron chi connectivity index (χ2n) is 9.68. The van der Waals surface area contributed by atoms with Gasteiger partial charge in [-0.25, -0.2) is 0 Å². The second kappa shape index (κ2) is 10.3. The Morgan fingerprint density at radius 2 is 1.33 bits per heavy atom. The number of hydrogen-bond donors (Lipinski definition) is 3. The maximum absolute atomic E-state index is 13.7. The van der Waals surface area contributed by atoms with Crippen LogP contribution < -0.4 is 15.5 Å². The van der Waals surface area contributed by atoms with E-state index in [1.54, 1.807) is 48.5 Å². The average molecular weight is 486 g/mol. The highest BCUT2D eigenvalue weighted by molar-refractivity contribution is 6.10. The SMILES string of the molecule is CN(C)c1ccc(C2C(C(=O)Nc3ccccc3)C(=O)CC(C)(O)C2C(=O)Nc2ccccc2)cc1. The highest BCUT2D eigenvalue weighted by Gasteiger charge is 2.55. The Morgan fingerprint density at radius 3 is 1.83 bits per heavy atom. The molecule has 0 bridgehead atoms. The van der Waals surface area contributed by atoms with E-state index in [0.717, 1.165) is 5.69 Å². The lowest BCUT2D eigenvalue weighted by Crippen LogP contribution is -2.56.